The van der Waals surface area contributed by atoms with Crippen LogP contribution in [0.1, 0.15) is 113 Å². The molecule has 0 fully saturated rings. The Morgan fingerprint density at radius 1 is 0.452 bits per heavy atom. The van der Waals surface area contributed by atoms with Gasteiger partial charge in [-0.15, -0.1) is 22.7 Å². The first-order valence-corrected chi connectivity index (χ1v) is 18.6. The minimum atomic E-state index is 1.19. The van der Waals surface area contributed by atoms with Gasteiger partial charge in [-0.2, -0.15) is 0 Å². The van der Waals surface area contributed by atoms with E-state index in [1.807, 2.05) is 22.7 Å². The first-order chi connectivity index (χ1) is 20.7. The zero-order valence-corrected chi connectivity index (χ0v) is 28.0. The maximum absolute atomic E-state index is 2.48. The first-order valence-electron chi connectivity index (χ1n) is 16.8. The summed E-state index contributed by atoms with van der Waals surface area (Å²) in [6, 6.07) is 14.6. The second-order valence-corrected chi connectivity index (χ2v) is 14.5. The van der Waals surface area contributed by atoms with Gasteiger partial charge in [0.2, 0.25) is 0 Å². The van der Waals surface area contributed by atoms with Crippen molar-refractivity contribution in [2.45, 2.75) is 118 Å². The van der Waals surface area contributed by atoms with E-state index in [1.165, 1.54) is 143 Å². The Morgan fingerprint density at radius 2 is 0.833 bits per heavy atom. The van der Waals surface area contributed by atoms with Crippen molar-refractivity contribution in [1.82, 2.24) is 0 Å². The van der Waals surface area contributed by atoms with E-state index in [4.69, 9.17) is 0 Å². The maximum atomic E-state index is 2.48. The van der Waals surface area contributed by atoms with Gasteiger partial charge in [0, 0.05) is 20.9 Å². The molecule has 2 heteroatoms. The Labute approximate surface area is 261 Å². The van der Waals surface area contributed by atoms with Crippen molar-refractivity contribution in [1.29, 1.82) is 0 Å². The van der Waals surface area contributed by atoms with Crippen LogP contribution in [0.5, 0.6) is 0 Å². The topological polar surface area (TPSA) is 0 Å². The Balaban J connectivity index is 1.50. The minimum Gasteiger partial charge on any atom is -0.143 e. The summed E-state index contributed by atoms with van der Waals surface area (Å²) >= 11 is 3.91. The molecule has 0 atom stereocenters. The minimum absolute atomic E-state index is 1.19. The van der Waals surface area contributed by atoms with Gasteiger partial charge in [0.15, 0.2) is 0 Å². The lowest BCUT2D eigenvalue weighted by Gasteiger charge is -2.09. The Bertz CT molecular complexity index is 1600. The predicted molar refractivity (Wildman–Crippen MR) is 192 cm³/mol. The highest BCUT2D eigenvalue weighted by molar-refractivity contribution is 7.14. The number of rotatable bonds is 14. The third-order valence-corrected chi connectivity index (χ3v) is 11.6. The van der Waals surface area contributed by atoms with Gasteiger partial charge < -0.3 is 0 Å². The van der Waals surface area contributed by atoms with E-state index in [0.717, 1.165) is 0 Å². The van der Waals surface area contributed by atoms with Crippen LogP contribution in [-0.2, 0) is 12.8 Å². The summed E-state index contributed by atoms with van der Waals surface area (Å²) in [7, 11) is 0. The fraction of sp³-hybridized carbons (Fsp3) is 0.450. The molecule has 2 aromatic carbocycles. The predicted octanol–water partition coefficient (Wildman–Crippen LogP) is 13.9. The van der Waals surface area contributed by atoms with E-state index >= 15 is 0 Å². The van der Waals surface area contributed by atoms with Crippen LogP contribution in [0.4, 0.5) is 0 Å². The van der Waals surface area contributed by atoms with Gasteiger partial charge in [-0.1, -0.05) is 102 Å². The Kier molecular flexibility index (Phi) is 9.51. The van der Waals surface area contributed by atoms with Crippen LogP contribution in [-0.4, -0.2) is 0 Å². The molecule has 0 bridgehead atoms. The average Bonchev–Trinajstić information content (AvgIpc) is 3.51. The summed E-state index contributed by atoms with van der Waals surface area (Å²) < 4.78 is 0. The number of aryl methyl sites for hydroxylation is 4. The van der Waals surface area contributed by atoms with Crippen LogP contribution < -0.4 is 0 Å². The largest absolute Gasteiger partial charge is 0.143 e. The quantitative estimate of drug-likeness (QED) is 0.110. The second kappa shape index (κ2) is 13.5. The zero-order valence-electron chi connectivity index (χ0n) is 26.3. The van der Waals surface area contributed by atoms with Gasteiger partial charge in [-0.05, 0) is 117 Å². The molecule has 2 aliphatic carbocycles. The molecule has 0 spiro atoms. The molecule has 0 N–H and O–H groups in total. The van der Waals surface area contributed by atoms with Gasteiger partial charge in [-0.3, -0.25) is 0 Å². The normalized spacial score (nSPS) is 12.2. The van der Waals surface area contributed by atoms with E-state index < -0.39 is 0 Å². The fourth-order valence-electron chi connectivity index (χ4n) is 7.51. The van der Waals surface area contributed by atoms with Gasteiger partial charge in [0.1, 0.15) is 0 Å². The molecule has 2 heterocycles. The van der Waals surface area contributed by atoms with Gasteiger partial charge in [0.25, 0.3) is 0 Å². The molecular weight excluding hydrogens is 545 g/mol. The lowest BCUT2D eigenvalue weighted by molar-refractivity contribution is 0.608. The van der Waals surface area contributed by atoms with Crippen LogP contribution in [0, 0.1) is 13.8 Å². The number of fused-ring (bicyclic) bond motifs is 9. The Morgan fingerprint density at radius 3 is 1.26 bits per heavy atom. The third kappa shape index (κ3) is 5.50. The van der Waals surface area contributed by atoms with Crippen molar-refractivity contribution in [2.75, 3.05) is 0 Å². The molecule has 220 valence electrons. The number of hydrogen-bond acceptors (Lipinski definition) is 2. The zero-order chi connectivity index (χ0) is 29.1. The van der Waals surface area contributed by atoms with Crippen molar-refractivity contribution in [3.05, 3.63) is 69.4 Å². The van der Waals surface area contributed by atoms with E-state index in [-0.39, 0.29) is 0 Å². The lowest BCUT2D eigenvalue weighted by Crippen LogP contribution is -1.89. The molecule has 42 heavy (non-hydrogen) atoms. The molecule has 0 aromatic heterocycles. The molecule has 4 aliphatic rings. The average molecular weight is 593 g/mol. The molecule has 0 saturated carbocycles. The molecular formula is C40H48S2. The third-order valence-electron chi connectivity index (χ3n) is 9.70. The second-order valence-electron chi connectivity index (χ2n) is 12.7. The highest BCUT2D eigenvalue weighted by atomic mass is 32.1. The molecule has 2 aromatic rings. The summed E-state index contributed by atoms with van der Waals surface area (Å²) in [6.07, 6.45) is 18.6. The molecule has 2 aliphatic heterocycles. The fourth-order valence-corrected chi connectivity index (χ4v) is 9.79. The highest BCUT2D eigenvalue weighted by Crippen LogP contribution is 2.51. The van der Waals surface area contributed by atoms with Gasteiger partial charge in [0.05, 0.1) is 0 Å². The van der Waals surface area contributed by atoms with Crippen LogP contribution >= 0.6 is 22.7 Å². The first kappa shape index (κ1) is 29.6. The standard InChI is InChI=1S/C40H48S2/c1-5-7-9-11-13-15-17-33-37-29-19-22-32-36-28(4)24-26-42-40(36)34(18-16-14-12-10-8-6-2)38(32)30(29)20-21-31(37)35-27(3)23-25-41-39(33)35/h19-26H,5-18H2,1-4H3. The van der Waals surface area contributed by atoms with Crippen molar-refractivity contribution in [3.8, 4) is 20.9 Å². The molecule has 0 unspecified atom stereocenters. The van der Waals surface area contributed by atoms with Crippen molar-refractivity contribution < 1.29 is 0 Å². The van der Waals surface area contributed by atoms with E-state index in [0.29, 0.717) is 0 Å². The summed E-state index contributed by atoms with van der Waals surface area (Å²) in [6.45, 7) is 9.24. The summed E-state index contributed by atoms with van der Waals surface area (Å²) in [5.74, 6) is 0. The van der Waals surface area contributed by atoms with Crippen LogP contribution in [0.25, 0.3) is 53.2 Å². The van der Waals surface area contributed by atoms with E-state index in [9.17, 15) is 0 Å². The summed E-state index contributed by atoms with van der Waals surface area (Å²) in [4.78, 5) is 3.06. The van der Waals surface area contributed by atoms with Crippen LogP contribution in [0.15, 0.2) is 47.2 Å². The van der Waals surface area contributed by atoms with E-state index in [1.54, 1.807) is 21.9 Å². The van der Waals surface area contributed by atoms with Crippen molar-refractivity contribution in [2.24, 2.45) is 0 Å². The maximum Gasteiger partial charge on any atom is 0.0389 e. The molecule has 6 rings (SSSR count). The number of hydrogen-bond donors (Lipinski definition) is 0. The molecule has 0 saturated heterocycles. The summed E-state index contributed by atoms with van der Waals surface area (Å²) in [5, 5.41) is 13.6. The highest BCUT2D eigenvalue weighted by Gasteiger charge is 2.25. The lowest BCUT2D eigenvalue weighted by atomic mass is 9.95. The molecule has 0 nitrogen and oxygen atoms in total. The molecule has 0 amide bonds. The van der Waals surface area contributed by atoms with Gasteiger partial charge >= 0.3 is 0 Å². The van der Waals surface area contributed by atoms with E-state index in [2.05, 4.69) is 74.9 Å². The number of unbranched alkanes of at least 4 members (excludes halogenated alkanes) is 10. The molecule has 0 radical (unpaired) electrons. The monoisotopic (exact) mass is 592 g/mol. The number of benzene rings is 2. The summed E-state index contributed by atoms with van der Waals surface area (Å²) in [5.41, 5.74) is 9.06. The van der Waals surface area contributed by atoms with Crippen LogP contribution in [0.2, 0.25) is 0 Å². The van der Waals surface area contributed by atoms with Crippen molar-refractivity contribution >= 4 is 55.0 Å². The van der Waals surface area contributed by atoms with Crippen molar-refractivity contribution in [3.63, 3.8) is 0 Å². The smallest absolute Gasteiger partial charge is 0.0389 e. The van der Waals surface area contributed by atoms with Crippen LogP contribution in [0.3, 0.4) is 0 Å². The SMILES string of the molecule is CCCCCCCCc1c2sccc(C)c-2c2ccc3c(ccc4c5c(C)ccsc-5c(CCCCCCCC)c43)c12. The van der Waals surface area contributed by atoms with Gasteiger partial charge in [-0.25, -0.2) is 0 Å². The Hall–Kier alpha value is -2.42.